The summed E-state index contributed by atoms with van der Waals surface area (Å²) in [6.07, 6.45) is 2.85. The normalized spacial score (nSPS) is 20.4. The van der Waals surface area contributed by atoms with E-state index in [9.17, 15) is 4.79 Å². The minimum absolute atomic E-state index is 0. The molecule has 0 aromatic carbocycles. The molecule has 1 aromatic rings. The third kappa shape index (κ3) is 4.68. The lowest BCUT2D eigenvalue weighted by Crippen LogP contribution is -2.53. The van der Waals surface area contributed by atoms with Crippen LogP contribution in [0.3, 0.4) is 0 Å². The number of amides is 1. The maximum absolute atomic E-state index is 12.5. The van der Waals surface area contributed by atoms with Gasteiger partial charge in [0.2, 0.25) is 11.8 Å². The molecule has 2 heterocycles. The van der Waals surface area contributed by atoms with E-state index in [4.69, 9.17) is 10.3 Å². The highest BCUT2D eigenvalue weighted by atomic mass is 35.5. The topological polar surface area (TPSA) is 85.2 Å². The van der Waals surface area contributed by atoms with Crippen molar-refractivity contribution in [1.29, 1.82) is 0 Å². The molecule has 1 unspecified atom stereocenters. The molecule has 1 aliphatic heterocycles. The summed E-state index contributed by atoms with van der Waals surface area (Å²) in [4.78, 5) is 18.6. The van der Waals surface area contributed by atoms with Gasteiger partial charge in [0.1, 0.15) is 0 Å². The molecule has 6 nitrogen and oxygen atoms in total. The maximum atomic E-state index is 12.5. The largest absolute Gasteiger partial charge is 0.341 e. The van der Waals surface area contributed by atoms with Crippen LogP contribution in [0.4, 0.5) is 0 Å². The molecule has 1 saturated heterocycles. The highest BCUT2D eigenvalue weighted by Gasteiger charge is 2.33. The average molecular weight is 331 g/mol. The van der Waals surface area contributed by atoms with Crippen LogP contribution >= 0.6 is 12.4 Å². The molecule has 22 heavy (non-hydrogen) atoms. The quantitative estimate of drug-likeness (QED) is 0.915. The molecule has 126 valence electrons. The number of piperidine rings is 1. The van der Waals surface area contributed by atoms with Gasteiger partial charge in [-0.15, -0.1) is 12.4 Å². The van der Waals surface area contributed by atoms with E-state index in [-0.39, 0.29) is 23.7 Å². The number of halogens is 1. The number of nitrogens with two attached hydrogens (primary N) is 1. The molecule has 7 heteroatoms. The van der Waals surface area contributed by atoms with Crippen molar-refractivity contribution in [2.75, 3.05) is 13.1 Å². The molecule has 2 atom stereocenters. The fourth-order valence-corrected chi connectivity index (χ4v) is 2.68. The number of carbonyl (C=O) groups excluding carboxylic acids is 1. The predicted molar refractivity (Wildman–Crippen MR) is 86.7 cm³/mol. The fraction of sp³-hybridized carbons (Fsp3) is 0.800. The second kappa shape index (κ2) is 7.42. The van der Waals surface area contributed by atoms with Gasteiger partial charge < -0.3 is 15.2 Å². The fourth-order valence-electron chi connectivity index (χ4n) is 2.68. The van der Waals surface area contributed by atoms with E-state index >= 15 is 0 Å². The number of aryl methyl sites for hydroxylation is 1. The van der Waals surface area contributed by atoms with Crippen LogP contribution in [0.1, 0.15) is 45.3 Å². The van der Waals surface area contributed by atoms with Gasteiger partial charge in [0.15, 0.2) is 5.82 Å². The van der Waals surface area contributed by atoms with E-state index < -0.39 is 6.04 Å². The molecule has 1 aromatic heterocycles. The first-order chi connectivity index (χ1) is 9.77. The van der Waals surface area contributed by atoms with Gasteiger partial charge in [0.05, 0.1) is 6.04 Å². The zero-order valence-electron chi connectivity index (χ0n) is 13.8. The highest BCUT2D eigenvalue weighted by molar-refractivity contribution is 5.85. The standard InChI is InChI=1S/C15H26N4O2.ClH/c1-10-17-12(18-21-10)8-11-6-5-7-19(9-11)14(20)13(16)15(2,3)4;/h11,13H,5-9,16H2,1-4H3;1H/t11?,13-;/m1./s1. The predicted octanol–water partition coefficient (Wildman–Crippen LogP) is 1.95. The van der Waals surface area contributed by atoms with Crippen molar-refractivity contribution in [3.63, 3.8) is 0 Å². The summed E-state index contributed by atoms with van der Waals surface area (Å²) in [7, 11) is 0. The Morgan fingerprint density at radius 2 is 2.18 bits per heavy atom. The summed E-state index contributed by atoms with van der Waals surface area (Å²) in [6, 6.07) is -0.455. The van der Waals surface area contributed by atoms with Gasteiger partial charge in [-0.2, -0.15) is 4.98 Å². The number of aromatic nitrogens is 2. The van der Waals surface area contributed by atoms with E-state index in [1.165, 1.54) is 0 Å². The van der Waals surface area contributed by atoms with Gasteiger partial charge in [-0.25, -0.2) is 0 Å². The Morgan fingerprint density at radius 1 is 1.50 bits per heavy atom. The van der Waals surface area contributed by atoms with Crippen LogP contribution in [0.5, 0.6) is 0 Å². The van der Waals surface area contributed by atoms with Crippen molar-refractivity contribution in [2.45, 2.75) is 53.0 Å². The van der Waals surface area contributed by atoms with E-state index in [0.717, 1.165) is 38.2 Å². The van der Waals surface area contributed by atoms with E-state index in [2.05, 4.69) is 10.1 Å². The van der Waals surface area contributed by atoms with Crippen LogP contribution in [-0.2, 0) is 11.2 Å². The number of carbonyl (C=O) groups is 1. The van der Waals surface area contributed by atoms with Crippen molar-refractivity contribution >= 4 is 18.3 Å². The van der Waals surface area contributed by atoms with Crippen molar-refractivity contribution < 1.29 is 9.32 Å². The van der Waals surface area contributed by atoms with Gasteiger partial charge in [-0.3, -0.25) is 4.79 Å². The Hall–Kier alpha value is -1.14. The number of rotatable bonds is 3. The SMILES string of the molecule is Cc1nc(CC2CCCN(C(=O)[C@@H](N)C(C)(C)C)C2)no1.Cl. The molecule has 0 bridgehead atoms. The summed E-state index contributed by atoms with van der Waals surface area (Å²) in [5.74, 6) is 1.75. The summed E-state index contributed by atoms with van der Waals surface area (Å²) in [5.41, 5.74) is 5.88. The molecule has 1 amide bonds. The lowest BCUT2D eigenvalue weighted by Gasteiger charge is -2.37. The number of hydrogen-bond acceptors (Lipinski definition) is 5. The molecule has 1 fully saturated rings. The molecule has 0 spiro atoms. The van der Waals surface area contributed by atoms with Gasteiger partial charge in [-0.1, -0.05) is 25.9 Å². The van der Waals surface area contributed by atoms with Crippen LogP contribution < -0.4 is 5.73 Å². The van der Waals surface area contributed by atoms with Crippen molar-refractivity contribution in [2.24, 2.45) is 17.1 Å². The number of hydrogen-bond donors (Lipinski definition) is 1. The van der Waals surface area contributed by atoms with Crippen LogP contribution in [0.15, 0.2) is 4.52 Å². The van der Waals surface area contributed by atoms with Crippen molar-refractivity contribution in [1.82, 2.24) is 15.0 Å². The number of likely N-dealkylation sites (tertiary alicyclic amines) is 1. The van der Waals surface area contributed by atoms with Crippen molar-refractivity contribution in [3.05, 3.63) is 11.7 Å². The summed E-state index contributed by atoms with van der Waals surface area (Å²) in [5, 5.41) is 3.94. The Kier molecular flexibility index (Phi) is 6.38. The molecule has 2 rings (SSSR count). The molecule has 2 N–H and O–H groups in total. The Morgan fingerprint density at radius 3 is 2.73 bits per heavy atom. The van der Waals surface area contributed by atoms with Crippen LogP contribution in [0, 0.1) is 18.3 Å². The molecule has 0 aliphatic carbocycles. The minimum Gasteiger partial charge on any atom is -0.341 e. The van der Waals surface area contributed by atoms with Crippen molar-refractivity contribution in [3.8, 4) is 0 Å². The zero-order chi connectivity index (χ0) is 15.6. The number of nitrogens with zero attached hydrogens (tertiary/aromatic N) is 3. The monoisotopic (exact) mass is 330 g/mol. The van der Waals surface area contributed by atoms with Crippen LogP contribution in [0.2, 0.25) is 0 Å². The molecular weight excluding hydrogens is 304 g/mol. The zero-order valence-corrected chi connectivity index (χ0v) is 14.7. The summed E-state index contributed by atoms with van der Waals surface area (Å²) < 4.78 is 5.00. The third-order valence-corrected chi connectivity index (χ3v) is 4.07. The Balaban J connectivity index is 0.00000242. The van der Waals surface area contributed by atoms with Gasteiger partial charge >= 0.3 is 0 Å². The minimum atomic E-state index is -0.455. The first-order valence-corrected chi connectivity index (χ1v) is 7.61. The second-order valence-electron chi connectivity index (χ2n) is 7.07. The first kappa shape index (κ1) is 18.9. The van der Waals surface area contributed by atoms with Gasteiger partial charge in [-0.05, 0) is 24.2 Å². The molecular formula is C15H27ClN4O2. The first-order valence-electron chi connectivity index (χ1n) is 7.61. The van der Waals surface area contributed by atoms with E-state index in [1.54, 1.807) is 6.92 Å². The molecule has 0 saturated carbocycles. The van der Waals surface area contributed by atoms with E-state index in [1.807, 2.05) is 25.7 Å². The van der Waals surface area contributed by atoms with E-state index in [0.29, 0.717) is 11.8 Å². The lowest BCUT2D eigenvalue weighted by molar-refractivity contribution is -0.136. The summed E-state index contributed by atoms with van der Waals surface area (Å²) >= 11 is 0. The van der Waals surface area contributed by atoms with Crippen LogP contribution in [0.25, 0.3) is 0 Å². The smallest absolute Gasteiger partial charge is 0.240 e. The maximum Gasteiger partial charge on any atom is 0.240 e. The molecule has 1 aliphatic rings. The van der Waals surface area contributed by atoms with Gasteiger partial charge in [0.25, 0.3) is 0 Å². The average Bonchev–Trinajstić information content (AvgIpc) is 2.81. The van der Waals surface area contributed by atoms with Crippen LogP contribution in [-0.4, -0.2) is 40.1 Å². The molecule has 0 radical (unpaired) electrons. The summed E-state index contributed by atoms with van der Waals surface area (Å²) in [6.45, 7) is 9.31. The lowest BCUT2D eigenvalue weighted by atomic mass is 9.85. The highest BCUT2D eigenvalue weighted by Crippen LogP contribution is 2.24. The third-order valence-electron chi connectivity index (χ3n) is 4.07. The second-order valence-corrected chi connectivity index (χ2v) is 7.07. The Labute approximate surface area is 138 Å². The van der Waals surface area contributed by atoms with Gasteiger partial charge in [0, 0.05) is 26.4 Å². The Bertz CT molecular complexity index is 498.